The fourth-order valence-electron chi connectivity index (χ4n) is 3.61. The third-order valence-corrected chi connectivity index (χ3v) is 6.96. The SMILES string of the molecule is O=[N+]([O-])c1ccccc1-c1nc(S(=O)(=O)c2ccc3c(c2)OCCO3)c(NCc2ccccc2)o1. The summed E-state index contributed by atoms with van der Waals surface area (Å²) in [4.78, 5) is 15.1. The average Bonchev–Trinajstić information content (AvgIpc) is 3.33. The summed E-state index contributed by atoms with van der Waals surface area (Å²) in [6.45, 7) is 0.914. The molecule has 0 fully saturated rings. The first-order chi connectivity index (χ1) is 16.9. The number of para-hydroxylation sites is 1. The van der Waals surface area contributed by atoms with Crippen molar-refractivity contribution in [3.63, 3.8) is 0 Å². The predicted octanol–water partition coefficient (Wildman–Crippen LogP) is 4.47. The number of oxazole rings is 1. The topological polar surface area (TPSA) is 134 Å². The van der Waals surface area contributed by atoms with Crippen LogP contribution in [0.2, 0.25) is 0 Å². The van der Waals surface area contributed by atoms with E-state index in [0.717, 1.165) is 5.56 Å². The minimum absolute atomic E-state index is 0.0592. The number of nitro groups is 1. The van der Waals surface area contributed by atoms with E-state index in [1.165, 1.54) is 36.4 Å². The second-order valence-electron chi connectivity index (χ2n) is 7.58. The highest BCUT2D eigenvalue weighted by atomic mass is 32.2. The number of hydrogen-bond donors (Lipinski definition) is 1. The van der Waals surface area contributed by atoms with E-state index in [0.29, 0.717) is 24.7 Å². The van der Waals surface area contributed by atoms with Crippen molar-refractivity contribution < 1.29 is 27.2 Å². The third kappa shape index (κ3) is 4.41. The molecular weight excluding hydrogens is 474 g/mol. The van der Waals surface area contributed by atoms with Gasteiger partial charge in [-0.05, 0) is 23.8 Å². The Bertz CT molecular complexity index is 1500. The molecule has 0 amide bonds. The Kier molecular flexibility index (Phi) is 5.83. The van der Waals surface area contributed by atoms with Gasteiger partial charge in [-0.2, -0.15) is 4.98 Å². The minimum atomic E-state index is -4.20. The van der Waals surface area contributed by atoms with Crippen molar-refractivity contribution >= 4 is 21.4 Å². The van der Waals surface area contributed by atoms with Gasteiger partial charge >= 0.3 is 0 Å². The highest BCUT2D eigenvalue weighted by Crippen LogP contribution is 2.38. The van der Waals surface area contributed by atoms with Gasteiger partial charge in [0.1, 0.15) is 18.8 Å². The zero-order valence-corrected chi connectivity index (χ0v) is 19.0. The van der Waals surface area contributed by atoms with Crippen LogP contribution in [0.4, 0.5) is 11.6 Å². The lowest BCUT2D eigenvalue weighted by Crippen LogP contribution is -2.16. The van der Waals surface area contributed by atoms with E-state index >= 15 is 0 Å². The van der Waals surface area contributed by atoms with E-state index in [9.17, 15) is 18.5 Å². The lowest BCUT2D eigenvalue weighted by molar-refractivity contribution is -0.384. The van der Waals surface area contributed by atoms with Gasteiger partial charge in [-0.25, -0.2) is 8.42 Å². The molecule has 3 aromatic carbocycles. The maximum atomic E-state index is 13.6. The van der Waals surface area contributed by atoms with Crippen LogP contribution in [0.3, 0.4) is 0 Å². The molecule has 2 heterocycles. The zero-order chi connectivity index (χ0) is 24.4. The molecule has 35 heavy (non-hydrogen) atoms. The molecule has 178 valence electrons. The number of fused-ring (bicyclic) bond motifs is 1. The Morgan fingerprint density at radius 3 is 2.43 bits per heavy atom. The molecule has 1 aliphatic rings. The van der Waals surface area contributed by atoms with Crippen molar-refractivity contribution in [2.45, 2.75) is 16.5 Å². The number of aromatic nitrogens is 1. The summed E-state index contributed by atoms with van der Waals surface area (Å²) in [5.41, 5.74) is 0.675. The standard InChI is InChI=1S/C24H19N3O7S/c28-27(29)19-9-5-4-8-18(19)22-26-24(23(34-22)25-15-16-6-2-1-3-7-16)35(30,31)17-10-11-20-21(14-17)33-13-12-32-20/h1-11,14,25H,12-13,15H2. The van der Waals surface area contributed by atoms with Gasteiger partial charge in [0.15, 0.2) is 11.5 Å². The number of nitrogens with one attached hydrogen (secondary N) is 1. The number of nitrogens with zero attached hydrogens (tertiary/aromatic N) is 2. The van der Waals surface area contributed by atoms with Crippen LogP contribution in [0.5, 0.6) is 11.5 Å². The van der Waals surface area contributed by atoms with Gasteiger partial charge in [-0.3, -0.25) is 10.1 Å². The predicted molar refractivity (Wildman–Crippen MR) is 125 cm³/mol. The first kappa shape index (κ1) is 22.4. The van der Waals surface area contributed by atoms with Crippen LogP contribution in [0, 0.1) is 10.1 Å². The Morgan fingerprint density at radius 1 is 0.943 bits per heavy atom. The van der Waals surface area contributed by atoms with Gasteiger partial charge in [0.05, 0.1) is 9.82 Å². The van der Waals surface area contributed by atoms with Crippen LogP contribution in [-0.2, 0) is 16.4 Å². The molecule has 0 saturated carbocycles. The van der Waals surface area contributed by atoms with Crippen molar-refractivity contribution in [2.75, 3.05) is 18.5 Å². The molecular formula is C24H19N3O7S. The number of ether oxygens (including phenoxy) is 2. The summed E-state index contributed by atoms with van der Waals surface area (Å²) < 4.78 is 44.0. The van der Waals surface area contributed by atoms with Crippen molar-refractivity contribution in [2.24, 2.45) is 0 Å². The first-order valence-electron chi connectivity index (χ1n) is 10.6. The number of sulfone groups is 1. The minimum Gasteiger partial charge on any atom is -0.486 e. The molecule has 1 aliphatic heterocycles. The molecule has 0 aliphatic carbocycles. The number of nitro benzene ring substituents is 1. The van der Waals surface area contributed by atoms with Gasteiger partial charge in [0.25, 0.3) is 5.69 Å². The van der Waals surface area contributed by atoms with E-state index in [4.69, 9.17) is 13.9 Å². The molecule has 1 aromatic heterocycles. The van der Waals surface area contributed by atoms with E-state index in [1.807, 2.05) is 30.3 Å². The molecule has 0 atom stereocenters. The van der Waals surface area contributed by atoms with Crippen LogP contribution in [0.1, 0.15) is 5.56 Å². The van der Waals surface area contributed by atoms with Crippen molar-refractivity contribution in [3.8, 4) is 23.0 Å². The maximum Gasteiger partial charge on any atom is 0.282 e. The zero-order valence-electron chi connectivity index (χ0n) is 18.2. The molecule has 0 saturated heterocycles. The van der Waals surface area contributed by atoms with Gasteiger partial charge in [-0.1, -0.05) is 42.5 Å². The Balaban J connectivity index is 1.60. The molecule has 10 nitrogen and oxygen atoms in total. The number of hydrogen-bond acceptors (Lipinski definition) is 9. The average molecular weight is 493 g/mol. The Hall–Kier alpha value is -4.38. The molecule has 0 bridgehead atoms. The van der Waals surface area contributed by atoms with Crippen molar-refractivity contribution in [3.05, 3.63) is 88.5 Å². The quantitative estimate of drug-likeness (QED) is 0.292. The van der Waals surface area contributed by atoms with Gasteiger partial charge < -0.3 is 19.2 Å². The summed E-state index contributed by atoms with van der Waals surface area (Å²) in [7, 11) is -4.20. The number of benzene rings is 3. The fourth-order valence-corrected chi connectivity index (χ4v) is 4.90. The van der Waals surface area contributed by atoms with E-state index in [1.54, 1.807) is 6.07 Å². The second kappa shape index (κ2) is 9.11. The smallest absolute Gasteiger partial charge is 0.282 e. The monoisotopic (exact) mass is 493 g/mol. The van der Waals surface area contributed by atoms with E-state index < -0.39 is 19.8 Å². The Morgan fingerprint density at radius 2 is 1.66 bits per heavy atom. The number of rotatable bonds is 7. The normalized spacial score (nSPS) is 12.8. The van der Waals surface area contributed by atoms with Gasteiger partial charge in [-0.15, -0.1) is 0 Å². The van der Waals surface area contributed by atoms with Crippen molar-refractivity contribution in [1.82, 2.24) is 4.98 Å². The van der Waals surface area contributed by atoms with Crippen LogP contribution in [0.25, 0.3) is 11.5 Å². The highest BCUT2D eigenvalue weighted by molar-refractivity contribution is 7.91. The van der Waals surface area contributed by atoms with Crippen LogP contribution < -0.4 is 14.8 Å². The number of anilines is 1. The third-order valence-electron chi connectivity index (χ3n) is 5.30. The summed E-state index contributed by atoms with van der Waals surface area (Å²) in [6.07, 6.45) is 0. The molecule has 1 N–H and O–H groups in total. The van der Waals surface area contributed by atoms with Crippen LogP contribution >= 0.6 is 0 Å². The second-order valence-corrected chi connectivity index (χ2v) is 9.44. The molecule has 11 heteroatoms. The summed E-state index contributed by atoms with van der Waals surface area (Å²) in [5, 5.41) is 14.1. The molecule has 5 rings (SSSR count). The summed E-state index contributed by atoms with van der Waals surface area (Å²) in [5.74, 6) is 0.429. The van der Waals surface area contributed by atoms with Gasteiger partial charge in [0, 0.05) is 18.7 Å². The van der Waals surface area contributed by atoms with E-state index in [-0.39, 0.29) is 34.5 Å². The van der Waals surface area contributed by atoms with Gasteiger partial charge in [0.2, 0.25) is 26.6 Å². The first-order valence-corrected chi connectivity index (χ1v) is 12.1. The molecule has 0 unspecified atom stereocenters. The lowest BCUT2D eigenvalue weighted by atomic mass is 10.2. The van der Waals surface area contributed by atoms with Crippen LogP contribution in [-0.4, -0.2) is 31.5 Å². The Labute approximate surface area is 200 Å². The fraction of sp³-hybridized carbons (Fsp3) is 0.125. The highest BCUT2D eigenvalue weighted by Gasteiger charge is 2.31. The molecule has 0 radical (unpaired) electrons. The molecule has 4 aromatic rings. The molecule has 0 spiro atoms. The van der Waals surface area contributed by atoms with Crippen molar-refractivity contribution in [1.29, 1.82) is 0 Å². The van der Waals surface area contributed by atoms with E-state index in [2.05, 4.69) is 10.3 Å². The lowest BCUT2D eigenvalue weighted by Gasteiger charge is -2.18. The summed E-state index contributed by atoms with van der Waals surface area (Å²) in [6, 6.07) is 19.4. The largest absolute Gasteiger partial charge is 0.486 e. The van der Waals surface area contributed by atoms with Crippen LogP contribution in [0.15, 0.2) is 87.1 Å². The summed E-state index contributed by atoms with van der Waals surface area (Å²) >= 11 is 0. The maximum absolute atomic E-state index is 13.6.